The molecule has 5 heteroatoms. The van der Waals surface area contributed by atoms with Gasteiger partial charge in [0.2, 0.25) is 0 Å². The quantitative estimate of drug-likeness (QED) is 0.533. The van der Waals surface area contributed by atoms with Crippen LogP contribution in [0.3, 0.4) is 0 Å². The maximum Gasteiger partial charge on any atom is 0.119 e. The van der Waals surface area contributed by atoms with Crippen molar-refractivity contribution in [3.8, 4) is 0 Å². The topological polar surface area (TPSA) is 74.1 Å². The summed E-state index contributed by atoms with van der Waals surface area (Å²) in [5, 5.41) is 13.0. The second-order valence-electron chi connectivity index (χ2n) is 4.82. The molecule has 0 radical (unpaired) electrons. The van der Waals surface area contributed by atoms with Crippen LogP contribution in [0.15, 0.2) is 36.3 Å². The molecular formula is C14H23N5. The zero-order valence-corrected chi connectivity index (χ0v) is 11.5. The molecule has 1 saturated carbocycles. The van der Waals surface area contributed by atoms with Crippen LogP contribution in [0.4, 0.5) is 11.4 Å². The maximum absolute atomic E-state index is 5.77. The zero-order chi connectivity index (χ0) is 13.7. The zero-order valence-electron chi connectivity index (χ0n) is 11.5. The van der Waals surface area contributed by atoms with Crippen LogP contribution in [0, 0.1) is 0 Å². The summed E-state index contributed by atoms with van der Waals surface area (Å²) in [4.78, 5) is 0. The molecule has 0 unspecified atom stereocenters. The number of para-hydroxylation sites is 2. The minimum Gasteiger partial charge on any atom is -0.386 e. The van der Waals surface area contributed by atoms with E-state index in [1.807, 2.05) is 44.6 Å². The smallest absolute Gasteiger partial charge is 0.119 e. The van der Waals surface area contributed by atoms with E-state index < -0.39 is 0 Å². The maximum atomic E-state index is 5.77. The number of hydrogen-bond donors (Lipinski definition) is 5. The van der Waals surface area contributed by atoms with Crippen molar-refractivity contribution in [3.05, 3.63) is 36.3 Å². The number of nitrogens with two attached hydrogens (primary N) is 1. The summed E-state index contributed by atoms with van der Waals surface area (Å²) in [7, 11) is 3.81. The Hall–Kier alpha value is -1.88. The number of anilines is 2. The van der Waals surface area contributed by atoms with Crippen LogP contribution in [-0.2, 0) is 0 Å². The molecule has 1 aliphatic rings. The highest BCUT2D eigenvalue weighted by molar-refractivity contribution is 5.70. The Balaban J connectivity index is 1.96. The fraction of sp³-hybridized carbons (Fsp3) is 0.429. The first-order valence-corrected chi connectivity index (χ1v) is 6.66. The molecule has 0 amide bonds. The Bertz CT molecular complexity index is 437. The summed E-state index contributed by atoms with van der Waals surface area (Å²) in [6.07, 6.45) is 4.06. The Morgan fingerprint density at radius 1 is 1.21 bits per heavy atom. The molecule has 1 aromatic carbocycles. The Labute approximate surface area is 114 Å². The third kappa shape index (κ3) is 3.54. The first-order chi connectivity index (χ1) is 9.22. The molecule has 0 spiro atoms. The van der Waals surface area contributed by atoms with E-state index >= 15 is 0 Å². The lowest BCUT2D eigenvalue weighted by atomic mass is 9.88. The van der Waals surface area contributed by atoms with Gasteiger partial charge in [0.1, 0.15) is 5.82 Å². The molecule has 0 bridgehead atoms. The molecule has 5 nitrogen and oxygen atoms in total. The van der Waals surface area contributed by atoms with Crippen LogP contribution in [0.25, 0.3) is 0 Å². The molecule has 104 valence electrons. The van der Waals surface area contributed by atoms with Crippen molar-refractivity contribution in [1.82, 2.24) is 10.6 Å². The lowest BCUT2D eigenvalue weighted by Crippen LogP contribution is -2.47. The first kappa shape index (κ1) is 13.5. The van der Waals surface area contributed by atoms with Gasteiger partial charge >= 0.3 is 0 Å². The van der Waals surface area contributed by atoms with Crippen molar-refractivity contribution >= 4 is 11.4 Å². The van der Waals surface area contributed by atoms with Crippen LogP contribution in [0.5, 0.6) is 0 Å². The molecule has 0 atom stereocenters. The summed E-state index contributed by atoms with van der Waals surface area (Å²) >= 11 is 0. The van der Waals surface area contributed by atoms with E-state index in [9.17, 15) is 0 Å². The van der Waals surface area contributed by atoms with Gasteiger partial charge < -0.3 is 27.0 Å². The molecule has 0 aliphatic heterocycles. The van der Waals surface area contributed by atoms with E-state index in [4.69, 9.17) is 5.73 Å². The van der Waals surface area contributed by atoms with Crippen LogP contribution in [-0.4, -0.2) is 26.2 Å². The Morgan fingerprint density at radius 3 is 2.47 bits per heavy atom. The SMILES string of the molecule is CN/C(=C\NC1CC(N)C1)Nc1ccccc1NC. The van der Waals surface area contributed by atoms with Crippen LogP contribution in [0.2, 0.25) is 0 Å². The summed E-state index contributed by atoms with van der Waals surface area (Å²) in [6, 6.07) is 8.95. The van der Waals surface area contributed by atoms with Crippen molar-refractivity contribution in [2.75, 3.05) is 24.7 Å². The van der Waals surface area contributed by atoms with Gasteiger partial charge in [0.25, 0.3) is 0 Å². The van der Waals surface area contributed by atoms with Crippen molar-refractivity contribution < 1.29 is 0 Å². The summed E-state index contributed by atoms with van der Waals surface area (Å²) in [6.45, 7) is 0. The molecule has 0 heterocycles. The molecule has 19 heavy (non-hydrogen) atoms. The Kier molecular flexibility index (Phi) is 4.52. The summed E-state index contributed by atoms with van der Waals surface area (Å²) in [5.74, 6) is 0.933. The monoisotopic (exact) mass is 261 g/mol. The molecular weight excluding hydrogens is 238 g/mol. The van der Waals surface area contributed by atoms with Crippen molar-refractivity contribution in [3.63, 3.8) is 0 Å². The van der Waals surface area contributed by atoms with Gasteiger partial charge in [-0.05, 0) is 25.0 Å². The molecule has 1 aliphatic carbocycles. The van der Waals surface area contributed by atoms with Gasteiger partial charge in [-0.25, -0.2) is 0 Å². The highest BCUT2D eigenvalue weighted by atomic mass is 15.1. The van der Waals surface area contributed by atoms with Gasteiger partial charge in [-0.15, -0.1) is 0 Å². The van der Waals surface area contributed by atoms with Gasteiger partial charge in [0, 0.05) is 32.4 Å². The highest BCUT2D eigenvalue weighted by Gasteiger charge is 2.24. The largest absolute Gasteiger partial charge is 0.386 e. The first-order valence-electron chi connectivity index (χ1n) is 6.66. The predicted molar refractivity (Wildman–Crippen MR) is 80.9 cm³/mol. The summed E-state index contributed by atoms with van der Waals surface area (Å²) in [5.41, 5.74) is 7.87. The van der Waals surface area contributed by atoms with E-state index in [1.54, 1.807) is 0 Å². The fourth-order valence-corrected chi connectivity index (χ4v) is 2.13. The van der Waals surface area contributed by atoms with E-state index in [-0.39, 0.29) is 0 Å². The van der Waals surface area contributed by atoms with Gasteiger partial charge in [-0.1, -0.05) is 12.1 Å². The molecule has 1 aromatic rings. The van der Waals surface area contributed by atoms with Crippen molar-refractivity contribution in [1.29, 1.82) is 0 Å². The lowest BCUT2D eigenvalue weighted by Gasteiger charge is -2.32. The molecule has 0 aromatic heterocycles. The highest BCUT2D eigenvalue weighted by Crippen LogP contribution is 2.21. The second-order valence-corrected chi connectivity index (χ2v) is 4.82. The van der Waals surface area contributed by atoms with Crippen LogP contribution < -0.4 is 27.0 Å². The van der Waals surface area contributed by atoms with Crippen LogP contribution >= 0.6 is 0 Å². The average Bonchev–Trinajstić information content (AvgIpc) is 2.41. The van der Waals surface area contributed by atoms with Crippen molar-refractivity contribution in [2.24, 2.45) is 5.73 Å². The number of hydrogen-bond acceptors (Lipinski definition) is 5. The number of rotatable bonds is 6. The third-order valence-corrected chi connectivity index (χ3v) is 3.37. The molecule has 6 N–H and O–H groups in total. The minimum absolute atomic E-state index is 0.363. The number of benzene rings is 1. The number of nitrogens with one attached hydrogen (secondary N) is 4. The predicted octanol–water partition coefficient (Wildman–Crippen LogP) is 1.24. The van der Waals surface area contributed by atoms with Gasteiger partial charge in [-0.2, -0.15) is 0 Å². The second kappa shape index (κ2) is 6.33. The van der Waals surface area contributed by atoms with Crippen LogP contribution in [0.1, 0.15) is 12.8 Å². The fourth-order valence-electron chi connectivity index (χ4n) is 2.13. The normalized spacial score (nSPS) is 22.4. The van der Waals surface area contributed by atoms with Crippen molar-refractivity contribution in [2.45, 2.75) is 24.9 Å². The third-order valence-electron chi connectivity index (χ3n) is 3.37. The average molecular weight is 261 g/mol. The van der Waals surface area contributed by atoms with E-state index in [0.29, 0.717) is 12.1 Å². The van der Waals surface area contributed by atoms with E-state index in [1.165, 1.54) is 0 Å². The van der Waals surface area contributed by atoms with Gasteiger partial charge in [0.05, 0.1) is 11.4 Å². The molecule has 2 rings (SSSR count). The van der Waals surface area contributed by atoms with Gasteiger partial charge in [0.15, 0.2) is 0 Å². The summed E-state index contributed by atoms with van der Waals surface area (Å²) < 4.78 is 0. The molecule has 1 fully saturated rings. The Morgan fingerprint density at radius 2 is 1.89 bits per heavy atom. The lowest BCUT2D eigenvalue weighted by molar-refractivity contribution is 0.316. The van der Waals surface area contributed by atoms with Gasteiger partial charge in [-0.3, -0.25) is 0 Å². The minimum atomic E-state index is 0.363. The van der Waals surface area contributed by atoms with E-state index in [0.717, 1.165) is 30.0 Å². The van der Waals surface area contributed by atoms with E-state index in [2.05, 4.69) is 21.3 Å². The standard InChI is InChI=1S/C14H23N5/c1-16-12-5-3-4-6-13(12)19-14(17-2)9-18-11-7-10(15)8-11/h3-6,9-11,16-19H,7-8,15H2,1-2H3/b14-9+. The molecule has 0 saturated heterocycles.